The lowest BCUT2D eigenvalue weighted by atomic mass is 9.98. The normalized spacial score (nSPS) is 23.5. The minimum Gasteiger partial charge on any atom is -0.485 e. The Morgan fingerprint density at radius 3 is 2.90 bits per heavy atom. The van der Waals surface area contributed by atoms with Crippen LogP contribution in [0.4, 0.5) is 5.69 Å². The van der Waals surface area contributed by atoms with Crippen LogP contribution in [0, 0.1) is 5.92 Å². The van der Waals surface area contributed by atoms with E-state index in [-0.39, 0.29) is 6.10 Å². The summed E-state index contributed by atoms with van der Waals surface area (Å²) in [5, 5.41) is 2.24. The molecule has 2 unspecified atom stereocenters. The number of allylic oxidation sites excluding steroid dienone is 2. The molecule has 1 aromatic heterocycles. The number of fused-ring (bicyclic) bond motifs is 2. The van der Waals surface area contributed by atoms with Crippen molar-refractivity contribution < 1.29 is 9.72 Å². The second-order valence-corrected chi connectivity index (χ2v) is 5.18. The van der Waals surface area contributed by atoms with Gasteiger partial charge in [0, 0.05) is 22.4 Å². The molecule has 3 heteroatoms. The molecule has 98 valence electrons. The second-order valence-electron chi connectivity index (χ2n) is 5.18. The van der Waals surface area contributed by atoms with E-state index in [1.165, 1.54) is 0 Å². The van der Waals surface area contributed by atoms with Gasteiger partial charge in [-0.3, -0.25) is 0 Å². The van der Waals surface area contributed by atoms with Crippen molar-refractivity contribution >= 4 is 22.2 Å². The number of anilines is 1. The van der Waals surface area contributed by atoms with Crippen LogP contribution in [0.15, 0.2) is 61.0 Å². The highest BCUT2D eigenvalue weighted by Gasteiger charge is 2.28. The van der Waals surface area contributed by atoms with Gasteiger partial charge >= 0.3 is 0 Å². The Morgan fingerprint density at radius 2 is 2.00 bits per heavy atom. The molecule has 1 aliphatic heterocycles. The maximum absolute atomic E-state index is 6.06. The molecular formula is C17H15N2O+. The molecule has 3 N–H and O–H groups in total. The number of hydrogen-bond donors (Lipinski definition) is 1. The number of H-pyrrole nitrogens is 1. The number of rotatable bonds is 1. The van der Waals surface area contributed by atoms with Crippen LogP contribution in [0.2, 0.25) is 0 Å². The van der Waals surface area contributed by atoms with Gasteiger partial charge in [0.15, 0.2) is 12.4 Å². The highest BCUT2D eigenvalue weighted by molar-refractivity contribution is 5.93. The third kappa shape index (κ3) is 1.71. The Balaban J connectivity index is 1.85. The number of nitrogens with two attached hydrogens (primary N) is 1. The van der Waals surface area contributed by atoms with E-state index in [2.05, 4.69) is 29.3 Å². The highest BCUT2D eigenvalue weighted by atomic mass is 16.5. The first-order valence-corrected chi connectivity index (χ1v) is 6.74. The van der Waals surface area contributed by atoms with Crippen LogP contribution >= 0.6 is 0 Å². The Labute approximate surface area is 117 Å². The molecule has 1 aliphatic carbocycles. The number of ether oxygens (including phenoxy) is 1. The van der Waals surface area contributed by atoms with Gasteiger partial charge in [-0.05, 0) is 30.4 Å². The van der Waals surface area contributed by atoms with E-state index in [1.807, 2.05) is 36.7 Å². The van der Waals surface area contributed by atoms with Crippen LogP contribution in [0.5, 0.6) is 0 Å². The van der Waals surface area contributed by atoms with E-state index in [0.29, 0.717) is 5.92 Å². The Morgan fingerprint density at radius 1 is 1.10 bits per heavy atom. The van der Waals surface area contributed by atoms with Crippen LogP contribution in [0.3, 0.4) is 0 Å². The summed E-state index contributed by atoms with van der Waals surface area (Å²) in [7, 11) is 0. The lowest BCUT2D eigenvalue weighted by Gasteiger charge is -2.15. The molecule has 2 aliphatic rings. The van der Waals surface area contributed by atoms with Crippen molar-refractivity contribution in [3.63, 3.8) is 0 Å². The summed E-state index contributed by atoms with van der Waals surface area (Å²) in [5.41, 5.74) is 7.74. The third-order valence-electron chi connectivity index (χ3n) is 3.83. The summed E-state index contributed by atoms with van der Waals surface area (Å²) in [5.74, 6) is 1.25. The SMILES string of the molecule is Nc1ccc2c[nH+]cc(C3=CC4C=CC=CC4O3)c2c1. The molecule has 1 aromatic carbocycles. The number of nitrogens with one attached hydrogen (secondary N) is 1. The molecule has 0 saturated carbocycles. The fraction of sp³-hybridized carbons (Fsp3) is 0.118. The summed E-state index contributed by atoms with van der Waals surface area (Å²) in [6.07, 6.45) is 14.6. The zero-order valence-electron chi connectivity index (χ0n) is 10.9. The molecular weight excluding hydrogens is 248 g/mol. The molecule has 0 radical (unpaired) electrons. The van der Waals surface area contributed by atoms with Gasteiger partial charge in [0.25, 0.3) is 0 Å². The van der Waals surface area contributed by atoms with Crippen molar-refractivity contribution in [1.29, 1.82) is 0 Å². The maximum atomic E-state index is 6.06. The van der Waals surface area contributed by atoms with Gasteiger partial charge in [0.1, 0.15) is 11.9 Å². The first kappa shape index (κ1) is 11.3. The summed E-state index contributed by atoms with van der Waals surface area (Å²) in [6, 6.07) is 5.93. The number of aromatic amines is 1. The van der Waals surface area contributed by atoms with Crippen LogP contribution in [0.1, 0.15) is 5.56 Å². The Bertz CT molecular complexity index is 774. The lowest BCUT2D eigenvalue weighted by molar-refractivity contribution is -0.376. The van der Waals surface area contributed by atoms with Crippen molar-refractivity contribution in [3.8, 4) is 0 Å². The number of aromatic nitrogens is 1. The maximum Gasteiger partial charge on any atom is 0.178 e. The first-order chi connectivity index (χ1) is 9.81. The van der Waals surface area contributed by atoms with Gasteiger partial charge in [-0.25, -0.2) is 4.98 Å². The van der Waals surface area contributed by atoms with Crippen LogP contribution in [-0.4, -0.2) is 6.10 Å². The van der Waals surface area contributed by atoms with Gasteiger partial charge in [0.2, 0.25) is 0 Å². The molecule has 0 bridgehead atoms. The monoisotopic (exact) mass is 263 g/mol. The molecule has 4 rings (SSSR count). The van der Waals surface area contributed by atoms with E-state index in [0.717, 1.165) is 27.8 Å². The average Bonchev–Trinajstić information content (AvgIpc) is 2.90. The molecule has 2 aromatic rings. The molecule has 3 nitrogen and oxygen atoms in total. The molecule has 2 heterocycles. The van der Waals surface area contributed by atoms with Crippen LogP contribution in [0.25, 0.3) is 16.5 Å². The van der Waals surface area contributed by atoms with E-state index in [1.54, 1.807) is 0 Å². The zero-order chi connectivity index (χ0) is 13.5. The number of pyridine rings is 1. The third-order valence-corrected chi connectivity index (χ3v) is 3.83. The van der Waals surface area contributed by atoms with Crippen LogP contribution in [-0.2, 0) is 4.74 Å². The van der Waals surface area contributed by atoms with Gasteiger partial charge < -0.3 is 10.5 Å². The van der Waals surface area contributed by atoms with E-state index in [9.17, 15) is 0 Å². The van der Waals surface area contributed by atoms with Crippen molar-refractivity contribution in [2.24, 2.45) is 5.92 Å². The fourth-order valence-corrected chi connectivity index (χ4v) is 2.82. The zero-order valence-corrected chi connectivity index (χ0v) is 10.9. The van der Waals surface area contributed by atoms with E-state index >= 15 is 0 Å². The van der Waals surface area contributed by atoms with Crippen molar-refractivity contribution in [2.75, 3.05) is 5.73 Å². The quantitative estimate of drug-likeness (QED) is 0.804. The predicted molar refractivity (Wildman–Crippen MR) is 79.5 cm³/mol. The Kier molecular flexibility index (Phi) is 2.39. The Hall–Kier alpha value is -2.55. The minimum atomic E-state index is 0.117. The smallest absolute Gasteiger partial charge is 0.178 e. The minimum absolute atomic E-state index is 0.117. The van der Waals surface area contributed by atoms with E-state index in [4.69, 9.17) is 10.5 Å². The summed E-state index contributed by atoms with van der Waals surface area (Å²) < 4.78 is 6.06. The van der Waals surface area contributed by atoms with Gasteiger partial charge in [-0.1, -0.05) is 18.2 Å². The first-order valence-electron chi connectivity index (χ1n) is 6.74. The highest BCUT2D eigenvalue weighted by Crippen LogP contribution is 2.35. The van der Waals surface area contributed by atoms with Gasteiger partial charge in [0.05, 0.1) is 5.56 Å². The topological polar surface area (TPSA) is 49.4 Å². The molecule has 0 amide bonds. The van der Waals surface area contributed by atoms with Crippen molar-refractivity contribution in [3.05, 3.63) is 66.5 Å². The average molecular weight is 263 g/mol. The van der Waals surface area contributed by atoms with Crippen molar-refractivity contribution in [1.82, 2.24) is 0 Å². The van der Waals surface area contributed by atoms with Gasteiger partial charge in [-0.2, -0.15) is 0 Å². The van der Waals surface area contributed by atoms with Crippen LogP contribution < -0.4 is 10.7 Å². The summed E-state index contributed by atoms with van der Waals surface area (Å²) in [4.78, 5) is 3.18. The predicted octanol–water partition coefficient (Wildman–Crippen LogP) is 2.72. The number of hydrogen-bond acceptors (Lipinski definition) is 2. The van der Waals surface area contributed by atoms with Gasteiger partial charge in [-0.15, -0.1) is 0 Å². The molecule has 0 saturated heterocycles. The van der Waals surface area contributed by atoms with Crippen molar-refractivity contribution in [2.45, 2.75) is 6.10 Å². The molecule has 0 spiro atoms. The number of benzene rings is 1. The molecule has 2 atom stereocenters. The largest absolute Gasteiger partial charge is 0.485 e. The summed E-state index contributed by atoms with van der Waals surface area (Å²) in [6.45, 7) is 0. The second kappa shape index (κ2) is 4.23. The van der Waals surface area contributed by atoms with E-state index < -0.39 is 0 Å². The number of nitrogen functional groups attached to an aromatic ring is 1. The fourth-order valence-electron chi connectivity index (χ4n) is 2.82. The summed E-state index contributed by atoms with van der Waals surface area (Å²) >= 11 is 0. The standard InChI is InChI=1S/C17H14N2O/c18-13-6-5-12-9-19-10-15(14(12)8-13)17-7-11-3-1-2-4-16(11)20-17/h1-11,16H,18H2/p+1. The molecule has 0 fully saturated rings. The lowest BCUT2D eigenvalue weighted by Crippen LogP contribution is -2.13. The molecule has 20 heavy (non-hydrogen) atoms.